The predicted octanol–water partition coefficient (Wildman–Crippen LogP) is 2.53. The van der Waals surface area contributed by atoms with Crippen molar-refractivity contribution in [2.75, 3.05) is 0 Å². The number of hydrogen-bond donors (Lipinski definition) is 3. The van der Waals surface area contributed by atoms with Crippen LogP contribution in [-0.2, 0) is 21.1 Å². The molecule has 11 heteroatoms. The van der Waals surface area contributed by atoms with Gasteiger partial charge in [0.2, 0.25) is 9.84 Å². The van der Waals surface area contributed by atoms with Crippen LogP contribution in [0, 0.1) is 0 Å². The summed E-state index contributed by atoms with van der Waals surface area (Å²) in [5.74, 6) is -4.14. The molecule has 2 aromatic rings. The molecular formula is C18H16F3NO6S. The lowest BCUT2D eigenvalue weighted by molar-refractivity contribution is -0.174. The fourth-order valence-corrected chi connectivity index (χ4v) is 3.79. The summed E-state index contributed by atoms with van der Waals surface area (Å²) in [7, 11) is -4.09. The molecule has 0 aliphatic rings. The number of nitrogens with one attached hydrogen (secondary N) is 1. The predicted molar refractivity (Wildman–Crippen MR) is 94.3 cm³/mol. The van der Waals surface area contributed by atoms with E-state index in [-0.39, 0.29) is 16.2 Å². The highest BCUT2D eigenvalue weighted by molar-refractivity contribution is 7.91. The van der Waals surface area contributed by atoms with E-state index in [1.807, 2.05) is 0 Å². The van der Waals surface area contributed by atoms with Crippen molar-refractivity contribution in [2.45, 2.75) is 35.4 Å². The Morgan fingerprint density at radius 3 is 2.14 bits per heavy atom. The molecular weight excluding hydrogens is 415 g/mol. The maximum atomic E-state index is 12.7. The summed E-state index contributed by atoms with van der Waals surface area (Å²) in [5, 5.41) is 20.3. The highest BCUT2D eigenvalue weighted by Gasteiger charge is 2.39. The summed E-state index contributed by atoms with van der Waals surface area (Å²) >= 11 is 0. The summed E-state index contributed by atoms with van der Waals surface area (Å²) in [6, 6.07) is 7.18. The van der Waals surface area contributed by atoms with Crippen LogP contribution in [0.2, 0.25) is 0 Å². The molecule has 0 aliphatic carbocycles. The fourth-order valence-electron chi connectivity index (χ4n) is 2.50. The number of amides is 1. The number of carboxylic acid groups (broad SMARTS) is 1. The van der Waals surface area contributed by atoms with Crippen molar-refractivity contribution in [1.29, 1.82) is 0 Å². The molecule has 0 saturated carbocycles. The van der Waals surface area contributed by atoms with Gasteiger partial charge < -0.3 is 15.5 Å². The number of carbonyl (C=O) groups is 2. The molecule has 0 saturated heterocycles. The molecule has 0 heterocycles. The molecule has 0 spiro atoms. The lowest BCUT2D eigenvalue weighted by atomic mass is 10.1. The summed E-state index contributed by atoms with van der Waals surface area (Å²) in [4.78, 5) is 21.5. The maximum absolute atomic E-state index is 12.7. The van der Waals surface area contributed by atoms with Gasteiger partial charge in [-0.2, -0.15) is 13.2 Å². The Bertz CT molecular complexity index is 1030. The number of carboxylic acids is 1. The molecule has 7 nitrogen and oxygen atoms in total. The monoisotopic (exact) mass is 431 g/mol. The third-order valence-electron chi connectivity index (χ3n) is 3.92. The van der Waals surface area contributed by atoms with Crippen molar-refractivity contribution in [2.24, 2.45) is 0 Å². The summed E-state index contributed by atoms with van der Waals surface area (Å²) in [5.41, 5.74) is -0.0900. The molecule has 0 radical (unpaired) electrons. The van der Waals surface area contributed by atoms with Gasteiger partial charge in [-0.15, -0.1) is 0 Å². The van der Waals surface area contributed by atoms with E-state index in [2.05, 4.69) is 0 Å². The number of alkyl halides is 3. The maximum Gasteiger partial charge on any atom is 0.471 e. The Morgan fingerprint density at radius 2 is 1.62 bits per heavy atom. The summed E-state index contributed by atoms with van der Waals surface area (Å²) in [6.45, 7) is 1.37. The number of hydrogen-bond acceptors (Lipinski definition) is 5. The lowest BCUT2D eigenvalue weighted by Crippen LogP contribution is -2.42. The minimum atomic E-state index is -4.99. The van der Waals surface area contributed by atoms with E-state index in [0.717, 1.165) is 18.2 Å². The minimum Gasteiger partial charge on any atom is -0.507 e. The van der Waals surface area contributed by atoms with Crippen LogP contribution in [-0.4, -0.2) is 42.7 Å². The Balaban J connectivity index is 2.20. The number of phenols is 1. The normalized spacial score (nSPS) is 13.0. The zero-order valence-corrected chi connectivity index (χ0v) is 15.7. The quantitative estimate of drug-likeness (QED) is 0.646. The Morgan fingerprint density at radius 1 is 1.07 bits per heavy atom. The van der Waals surface area contributed by atoms with Crippen LogP contribution in [0.5, 0.6) is 5.75 Å². The number of rotatable bonds is 6. The third kappa shape index (κ3) is 5.25. The van der Waals surface area contributed by atoms with Crippen LogP contribution >= 0.6 is 0 Å². The van der Waals surface area contributed by atoms with E-state index in [0.29, 0.717) is 5.56 Å². The van der Waals surface area contributed by atoms with Gasteiger partial charge in [0.1, 0.15) is 11.3 Å². The number of halogens is 3. The first-order chi connectivity index (χ1) is 13.3. The van der Waals surface area contributed by atoms with Crippen molar-refractivity contribution in [3.63, 3.8) is 0 Å². The zero-order chi connectivity index (χ0) is 22.0. The van der Waals surface area contributed by atoms with Crippen molar-refractivity contribution >= 4 is 21.7 Å². The van der Waals surface area contributed by atoms with E-state index >= 15 is 0 Å². The molecule has 156 valence electrons. The zero-order valence-electron chi connectivity index (χ0n) is 14.9. The minimum absolute atomic E-state index is 0.0323. The van der Waals surface area contributed by atoms with E-state index in [1.54, 1.807) is 5.32 Å². The van der Waals surface area contributed by atoms with Gasteiger partial charge in [-0.25, -0.2) is 13.2 Å². The number of carbonyl (C=O) groups excluding carboxylic acids is 1. The van der Waals surface area contributed by atoms with Crippen LogP contribution < -0.4 is 5.32 Å². The molecule has 29 heavy (non-hydrogen) atoms. The van der Waals surface area contributed by atoms with Gasteiger partial charge >= 0.3 is 18.1 Å². The number of aromatic hydroxyl groups is 1. The number of sulfone groups is 1. The molecule has 1 amide bonds. The highest BCUT2D eigenvalue weighted by Crippen LogP contribution is 2.26. The van der Waals surface area contributed by atoms with Crippen LogP contribution in [0.4, 0.5) is 13.2 Å². The standard InChI is InChI=1S/C18H16F3NO6S/c1-10(22-17(26)18(19,20)21)8-11-2-4-12(5-3-11)29(27,28)13-6-7-15(23)14(9-13)16(24)25/h2-7,9-10,23H,8H2,1H3,(H,22,26)(H,24,25)/t10-/m1/s1. The molecule has 0 bridgehead atoms. The average molecular weight is 431 g/mol. The second-order valence-electron chi connectivity index (χ2n) is 6.21. The van der Waals surface area contributed by atoms with E-state index in [4.69, 9.17) is 5.11 Å². The van der Waals surface area contributed by atoms with Crippen LogP contribution in [0.1, 0.15) is 22.8 Å². The van der Waals surface area contributed by atoms with Gasteiger partial charge in [0, 0.05) is 6.04 Å². The van der Waals surface area contributed by atoms with Crippen molar-refractivity contribution in [3.8, 4) is 5.75 Å². The van der Waals surface area contributed by atoms with Gasteiger partial charge in [-0.3, -0.25) is 4.79 Å². The SMILES string of the molecule is C[C@H](Cc1ccc(S(=O)(=O)c2ccc(O)c(C(=O)O)c2)cc1)NC(=O)C(F)(F)F. The third-order valence-corrected chi connectivity index (χ3v) is 5.69. The van der Waals surface area contributed by atoms with Crippen LogP contribution in [0.3, 0.4) is 0 Å². The largest absolute Gasteiger partial charge is 0.507 e. The van der Waals surface area contributed by atoms with Gasteiger partial charge in [0.05, 0.1) is 9.79 Å². The number of aromatic carboxylic acids is 1. The lowest BCUT2D eigenvalue weighted by Gasteiger charge is -2.15. The van der Waals surface area contributed by atoms with Crippen molar-refractivity contribution in [1.82, 2.24) is 5.32 Å². The van der Waals surface area contributed by atoms with E-state index < -0.39 is 45.2 Å². The molecule has 0 fully saturated rings. The Kier molecular flexibility index (Phi) is 6.21. The van der Waals surface area contributed by atoms with Gasteiger partial charge in [-0.1, -0.05) is 12.1 Å². The first kappa shape index (κ1) is 22.2. The van der Waals surface area contributed by atoms with Crippen LogP contribution in [0.15, 0.2) is 52.3 Å². The highest BCUT2D eigenvalue weighted by atomic mass is 32.2. The molecule has 0 aliphatic heterocycles. The Hall–Kier alpha value is -3.08. The summed E-state index contributed by atoms with van der Waals surface area (Å²) in [6.07, 6.45) is -4.96. The topological polar surface area (TPSA) is 121 Å². The van der Waals surface area contributed by atoms with Crippen molar-refractivity contribution in [3.05, 3.63) is 53.6 Å². The molecule has 1 atom stereocenters. The first-order valence-electron chi connectivity index (χ1n) is 8.10. The van der Waals surface area contributed by atoms with Crippen molar-refractivity contribution < 1.29 is 41.4 Å². The van der Waals surface area contributed by atoms with Gasteiger partial charge in [0.25, 0.3) is 0 Å². The van der Waals surface area contributed by atoms with Gasteiger partial charge in [0.15, 0.2) is 0 Å². The molecule has 2 rings (SSSR count). The second-order valence-corrected chi connectivity index (χ2v) is 8.16. The molecule has 2 aromatic carbocycles. The first-order valence-corrected chi connectivity index (χ1v) is 9.58. The van der Waals surface area contributed by atoms with E-state index in [9.17, 15) is 36.3 Å². The summed E-state index contributed by atoms with van der Waals surface area (Å²) < 4.78 is 62.1. The number of benzene rings is 2. The molecule has 3 N–H and O–H groups in total. The Labute approximate surface area is 163 Å². The second kappa shape index (κ2) is 8.11. The molecule has 0 unspecified atom stereocenters. The fraction of sp³-hybridized carbons (Fsp3) is 0.222. The smallest absolute Gasteiger partial charge is 0.471 e. The van der Waals surface area contributed by atoms with Gasteiger partial charge in [-0.05, 0) is 49.2 Å². The average Bonchev–Trinajstić information content (AvgIpc) is 2.61. The molecule has 0 aromatic heterocycles. The van der Waals surface area contributed by atoms with Crippen LogP contribution in [0.25, 0.3) is 0 Å². The van der Waals surface area contributed by atoms with E-state index in [1.165, 1.54) is 31.2 Å².